The number of benzene rings is 1. The van der Waals surface area contributed by atoms with Crippen LogP contribution in [0.2, 0.25) is 0 Å². The fourth-order valence-corrected chi connectivity index (χ4v) is 4.46. The molecule has 1 aromatic carbocycles. The largest absolute Gasteiger partial charge is 0.497 e. The van der Waals surface area contributed by atoms with Crippen molar-refractivity contribution in [3.63, 3.8) is 0 Å². The number of nitrogens with zero attached hydrogens (tertiary/aromatic N) is 1. The molecule has 1 amide bonds. The Morgan fingerprint density at radius 1 is 1.25 bits per heavy atom. The molecular formula is C23H26N2O2S. The number of aryl methyl sites for hydroxylation is 1. The highest BCUT2D eigenvalue weighted by Gasteiger charge is 2.34. The van der Waals surface area contributed by atoms with Crippen LogP contribution < -0.4 is 10.1 Å². The maximum absolute atomic E-state index is 13.1. The topological polar surface area (TPSA) is 43.3 Å². The van der Waals surface area contributed by atoms with Gasteiger partial charge in [0.15, 0.2) is 0 Å². The number of rotatable bonds is 7. The van der Waals surface area contributed by atoms with Crippen LogP contribution in [-0.2, 0) is 6.54 Å². The first-order valence-corrected chi connectivity index (χ1v) is 10.6. The molecule has 0 bridgehead atoms. The average molecular weight is 395 g/mol. The van der Waals surface area contributed by atoms with E-state index in [1.54, 1.807) is 18.4 Å². The van der Waals surface area contributed by atoms with Gasteiger partial charge in [0, 0.05) is 16.3 Å². The Bertz CT molecular complexity index is 953. The molecule has 1 saturated carbocycles. The lowest BCUT2D eigenvalue weighted by molar-refractivity contribution is 0.0931. The Kier molecular flexibility index (Phi) is 5.27. The minimum Gasteiger partial charge on any atom is -0.497 e. The van der Waals surface area contributed by atoms with Gasteiger partial charge in [-0.1, -0.05) is 18.2 Å². The molecular weight excluding hydrogens is 368 g/mol. The van der Waals surface area contributed by atoms with Crippen molar-refractivity contribution in [3.8, 4) is 5.75 Å². The van der Waals surface area contributed by atoms with Crippen LogP contribution in [0.4, 0.5) is 0 Å². The van der Waals surface area contributed by atoms with E-state index in [1.807, 2.05) is 25.1 Å². The van der Waals surface area contributed by atoms with Gasteiger partial charge in [0.05, 0.1) is 25.3 Å². The Labute approximate surface area is 170 Å². The van der Waals surface area contributed by atoms with Gasteiger partial charge >= 0.3 is 0 Å². The summed E-state index contributed by atoms with van der Waals surface area (Å²) in [6.07, 6.45) is 2.32. The third-order valence-electron chi connectivity index (χ3n) is 5.57. The van der Waals surface area contributed by atoms with Gasteiger partial charge in [-0.3, -0.25) is 4.79 Å². The summed E-state index contributed by atoms with van der Waals surface area (Å²) in [6, 6.07) is 14.3. The van der Waals surface area contributed by atoms with Crippen molar-refractivity contribution in [2.45, 2.75) is 39.3 Å². The molecule has 1 N–H and O–H groups in total. The molecule has 1 aliphatic rings. The van der Waals surface area contributed by atoms with E-state index in [2.05, 4.69) is 46.5 Å². The van der Waals surface area contributed by atoms with E-state index in [-0.39, 0.29) is 11.9 Å². The SMILES string of the molecule is COc1ccc(C(NC(=O)c2cc(C)n(Cc3cccs3)c2C)C2CC2)cc1. The van der Waals surface area contributed by atoms with Gasteiger partial charge in [0.2, 0.25) is 0 Å². The zero-order chi connectivity index (χ0) is 19.7. The normalized spacial score (nSPS) is 14.7. The van der Waals surface area contributed by atoms with Crippen molar-refractivity contribution in [1.82, 2.24) is 9.88 Å². The zero-order valence-corrected chi connectivity index (χ0v) is 17.4. The molecule has 0 spiro atoms. The molecule has 5 heteroatoms. The Morgan fingerprint density at radius 3 is 2.61 bits per heavy atom. The summed E-state index contributed by atoms with van der Waals surface area (Å²) in [6.45, 7) is 4.92. The lowest BCUT2D eigenvalue weighted by Gasteiger charge is -2.19. The van der Waals surface area contributed by atoms with Gasteiger partial charge in [-0.05, 0) is 67.8 Å². The summed E-state index contributed by atoms with van der Waals surface area (Å²) in [4.78, 5) is 14.4. The standard InChI is InChI=1S/C23H26N2O2S/c1-15-13-21(16(2)25(15)14-20-5-4-12-28-20)23(26)24-22(17-6-7-17)18-8-10-19(27-3)11-9-18/h4-5,8-13,17,22H,6-7,14H2,1-3H3,(H,24,26). The zero-order valence-electron chi connectivity index (χ0n) is 16.6. The summed E-state index contributed by atoms with van der Waals surface area (Å²) in [5, 5.41) is 5.39. The fraction of sp³-hybridized carbons (Fsp3) is 0.348. The molecule has 0 saturated heterocycles. The van der Waals surface area contributed by atoms with E-state index in [9.17, 15) is 4.79 Å². The maximum atomic E-state index is 13.1. The molecule has 4 nitrogen and oxygen atoms in total. The van der Waals surface area contributed by atoms with E-state index < -0.39 is 0 Å². The van der Waals surface area contributed by atoms with E-state index >= 15 is 0 Å². The van der Waals surface area contributed by atoms with Gasteiger partial charge in [-0.25, -0.2) is 0 Å². The maximum Gasteiger partial charge on any atom is 0.253 e. The number of hydrogen-bond donors (Lipinski definition) is 1. The quantitative estimate of drug-likeness (QED) is 0.605. The predicted octanol–water partition coefficient (Wildman–Crippen LogP) is 5.10. The minimum absolute atomic E-state index is 0.0123. The van der Waals surface area contributed by atoms with E-state index in [1.165, 1.54) is 4.88 Å². The van der Waals surface area contributed by atoms with Crippen LogP contribution in [0.15, 0.2) is 47.8 Å². The smallest absolute Gasteiger partial charge is 0.253 e. The number of thiophene rings is 1. The Hall–Kier alpha value is -2.53. The number of carbonyl (C=O) groups is 1. The van der Waals surface area contributed by atoms with Crippen molar-refractivity contribution in [1.29, 1.82) is 0 Å². The molecule has 1 unspecified atom stereocenters. The highest BCUT2D eigenvalue weighted by molar-refractivity contribution is 7.09. The first-order chi connectivity index (χ1) is 13.6. The average Bonchev–Trinajstić information content (AvgIpc) is 3.35. The van der Waals surface area contributed by atoms with Crippen molar-refractivity contribution in [2.75, 3.05) is 7.11 Å². The van der Waals surface area contributed by atoms with Crippen molar-refractivity contribution in [2.24, 2.45) is 5.92 Å². The van der Waals surface area contributed by atoms with E-state index in [0.29, 0.717) is 5.92 Å². The van der Waals surface area contributed by atoms with Gasteiger partial charge in [0.1, 0.15) is 5.75 Å². The molecule has 1 fully saturated rings. The second-order valence-corrected chi connectivity index (χ2v) is 8.54. The second-order valence-electron chi connectivity index (χ2n) is 7.51. The Morgan fingerprint density at radius 2 is 2.00 bits per heavy atom. The first kappa shape index (κ1) is 18.8. The molecule has 4 rings (SSSR count). The fourth-order valence-electron chi connectivity index (χ4n) is 3.77. The number of aromatic nitrogens is 1. The monoisotopic (exact) mass is 394 g/mol. The number of methoxy groups -OCH3 is 1. The van der Waals surface area contributed by atoms with Crippen LogP contribution in [0.1, 0.15) is 51.1 Å². The van der Waals surface area contributed by atoms with Crippen molar-refractivity contribution >= 4 is 17.2 Å². The summed E-state index contributed by atoms with van der Waals surface area (Å²) in [7, 11) is 1.67. The Balaban J connectivity index is 1.54. The van der Waals surface area contributed by atoms with E-state index in [4.69, 9.17) is 4.74 Å². The van der Waals surface area contributed by atoms with Crippen LogP contribution in [0.25, 0.3) is 0 Å². The summed E-state index contributed by atoms with van der Waals surface area (Å²) >= 11 is 1.74. The van der Waals surface area contributed by atoms with Crippen molar-refractivity contribution < 1.29 is 9.53 Å². The third-order valence-corrected chi connectivity index (χ3v) is 6.43. The van der Waals surface area contributed by atoms with Gasteiger partial charge in [0.25, 0.3) is 5.91 Å². The number of nitrogens with one attached hydrogen (secondary N) is 1. The minimum atomic E-state index is 0.0123. The summed E-state index contributed by atoms with van der Waals surface area (Å²) < 4.78 is 7.48. The van der Waals surface area contributed by atoms with Crippen LogP contribution in [0.3, 0.4) is 0 Å². The molecule has 0 aliphatic heterocycles. The molecule has 2 aromatic heterocycles. The van der Waals surface area contributed by atoms with Crippen LogP contribution in [-0.4, -0.2) is 17.6 Å². The lowest BCUT2D eigenvalue weighted by atomic mass is 10.0. The molecule has 0 radical (unpaired) electrons. The number of hydrogen-bond acceptors (Lipinski definition) is 3. The number of carbonyl (C=O) groups excluding carboxylic acids is 1. The molecule has 1 aliphatic carbocycles. The third kappa shape index (κ3) is 3.85. The second kappa shape index (κ2) is 7.84. The van der Waals surface area contributed by atoms with Gasteiger partial charge < -0.3 is 14.6 Å². The van der Waals surface area contributed by atoms with E-state index in [0.717, 1.165) is 47.7 Å². The molecule has 3 aromatic rings. The first-order valence-electron chi connectivity index (χ1n) is 9.70. The highest BCUT2D eigenvalue weighted by atomic mass is 32.1. The molecule has 2 heterocycles. The van der Waals surface area contributed by atoms with Crippen LogP contribution >= 0.6 is 11.3 Å². The number of ether oxygens (including phenoxy) is 1. The molecule has 146 valence electrons. The number of amides is 1. The summed E-state index contributed by atoms with van der Waals surface area (Å²) in [5.41, 5.74) is 4.05. The highest BCUT2D eigenvalue weighted by Crippen LogP contribution is 2.41. The predicted molar refractivity (Wildman–Crippen MR) is 113 cm³/mol. The lowest BCUT2D eigenvalue weighted by Crippen LogP contribution is -2.30. The van der Waals surface area contributed by atoms with Gasteiger partial charge in [-0.15, -0.1) is 11.3 Å². The molecule has 28 heavy (non-hydrogen) atoms. The van der Waals surface area contributed by atoms with Crippen molar-refractivity contribution in [3.05, 3.63) is 75.2 Å². The molecule has 1 atom stereocenters. The van der Waals surface area contributed by atoms with Crippen LogP contribution in [0, 0.1) is 19.8 Å². The van der Waals surface area contributed by atoms with Crippen LogP contribution in [0.5, 0.6) is 5.75 Å². The summed E-state index contributed by atoms with van der Waals surface area (Å²) in [5.74, 6) is 1.37. The van der Waals surface area contributed by atoms with Gasteiger partial charge in [-0.2, -0.15) is 0 Å².